The van der Waals surface area contributed by atoms with Crippen molar-refractivity contribution in [1.82, 2.24) is 5.48 Å². The molecule has 2 N–H and O–H groups in total. The number of carbonyl (C=O) groups is 2. The molecular weight excluding hydrogens is 190 g/mol. The first kappa shape index (κ1) is 12.7. The molecule has 0 bridgehead atoms. The number of carboxylic acids is 1. The van der Waals surface area contributed by atoms with Gasteiger partial charge in [0.2, 0.25) is 0 Å². The maximum atomic E-state index is 10.9. The summed E-state index contributed by atoms with van der Waals surface area (Å²) in [6.45, 7) is 5.05. The predicted octanol–water partition coefficient (Wildman–Crippen LogP) is 0.917. The highest BCUT2D eigenvalue weighted by Crippen LogP contribution is 2.06. The summed E-state index contributed by atoms with van der Waals surface area (Å²) in [5.74, 6) is -0.990. The monoisotopic (exact) mass is 205 g/mol. The van der Waals surface area contributed by atoms with Crippen molar-refractivity contribution in [1.29, 1.82) is 0 Å². The van der Waals surface area contributed by atoms with E-state index >= 15 is 0 Å². The smallest absolute Gasteiger partial charge is 0.431 e. The fraction of sp³-hybridized carbons (Fsp3) is 0.750. The maximum Gasteiger partial charge on any atom is 0.431 e. The number of amides is 1. The third-order valence-electron chi connectivity index (χ3n) is 0.972. The molecule has 6 nitrogen and oxygen atoms in total. The van der Waals surface area contributed by atoms with Crippen molar-refractivity contribution >= 4 is 12.1 Å². The van der Waals surface area contributed by atoms with Crippen LogP contribution in [0.15, 0.2) is 0 Å². The van der Waals surface area contributed by atoms with Gasteiger partial charge in [-0.2, -0.15) is 5.48 Å². The zero-order chi connectivity index (χ0) is 11.2. The topological polar surface area (TPSA) is 84.9 Å². The van der Waals surface area contributed by atoms with Gasteiger partial charge in [-0.25, -0.2) is 4.79 Å². The lowest BCUT2D eigenvalue weighted by atomic mass is 10.2. The molecule has 0 aromatic rings. The molecule has 14 heavy (non-hydrogen) atoms. The average molecular weight is 205 g/mol. The lowest BCUT2D eigenvalue weighted by molar-refractivity contribution is -0.138. The number of carbonyl (C=O) groups excluding carboxylic acids is 1. The summed E-state index contributed by atoms with van der Waals surface area (Å²) in [4.78, 5) is 25.5. The molecule has 0 unspecified atom stereocenters. The molecule has 0 saturated heterocycles. The average Bonchev–Trinajstić information content (AvgIpc) is 1.94. The summed E-state index contributed by atoms with van der Waals surface area (Å²) in [6, 6.07) is 0. The highest BCUT2D eigenvalue weighted by atomic mass is 16.7. The maximum absolute atomic E-state index is 10.9. The first-order chi connectivity index (χ1) is 6.31. The molecule has 6 heteroatoms. The van der Waals surface area contributed by atoms with Gasteiger partial charge in [0, 0.05) is 0 Å². The van der Waals surface area contributed by atoms with Gasteiger partial charge in [0.15, 0.2) is 0 Å². The van der Waals surface area contributed by atoms with Gasteiger partial charge in [0.25, 0.3) is 0 Å². The van der Waals surface area contributed by atoms with Crippen LogP contribution in [0.3, 0.4) is 0 Å². The van der Waals surface area contributed by atoms with Gasteiger partial charge in [-0.05, 0) is 20.8 Å². The van der Waals surface area contributed by atoms with E-state index in [1.165, 1.54) is 0 Å². The summed E-state index contributed by atoms with van der Waals surface area (Å²) < 4.78 is 4.82. The summed E-state index contributed by atoms with van der Waals surface area (Å²) in [5, 5.41) is 8.24. The molecule has 0 aliphatic rings. The van der Waals surface area contributed by atoms with Gasteiger partial charge in [-0.1, -0.05) is 0 Å². The Morgan fingerprint density at radius 2 is 1.93 bits per heavy atom. The molecule has 0 aromatic heterocycles. The molecule has 0 heterocycles. The minimum absolute atomic E-state index is 0.0887. The van der Waals surface area contributed by atoms with Crippen LogP contribution in [0.5, 0.6) is 0 Å². The van der Waals surface area contributed by atoms with Crippen molar-refractivity contribution in [3.8, 4) is 0 Å². The van der Waals surface area contributed by atoms with E-state index in [0.29, 0.717) is 0 Å². The van der Waals surface area contributed by atoms with E-state index in [1.807, 2.05) is 5.48 Å². The molecule has 0 spiro atoms. The van der Waals surface area contributed by atoms with E-state index in [0.717, 1.165) is 0 Å². The lowest BCUT2D eigenvalue weighted by Crippen LogP contribution is -2.33. The number of hydroxylamine groups is 1. The number of hydrogen-bond acceptors (Lipinski definition) is 4. The SMILES string of the molecule is CC(C)(C)OC(=O)NOCCC(=O)O. The Balaban J connectivity index is 3.50. The highest BCUT2D eigenvalue weighted by Gasteiger charge is 2.15. The van der Waals surface area contributed by atoms with Gasteiger partial charge in [-0.15, -0.1) is 0 Å². The van der Waals surface area contributed by atoms with Crippen molar-refractivity contribution in [2.75, 3.05) is 6.61 Å². The largest absolute Gasteiger partial charge is 0.481 e. The highest BCUT2D eigenvalue weighted by molar-refractivity contribution is 5.67. The number of aliphatic carboxylic acids is 1. The second-order valence-corrected chi connectivity index (χ2v) is 3.60. The fourth-order valence-electron chi connectivity index (χ4n) is 0.547. The number of nitrogens with one attached hydrogen (secondary N) is 1. The molecule has 1 amide bonds. The minimum Gasteiger partial charge on any atom is -0.481 e. The van der Waals surface area contributed by atoms with Crippen LogP contribution in [0.25, 0.3) is 0 Å². The minimum atomic E-state index is -0.990. The first-order valence-electron chi connectivity index (χ1n) is 4.14. The van der Waals surface area contributed by atoms with E-state index in [2.05, 4.69) is 4.84 Å². The van der Waals surface area contributed by atoms with Gasteiger partial charge >= 0.3 is 12.1 Å². The Hall–Kier alpha value is -1.30. The van der Waals surface area contributed by atoms with Crippen molar-refractivity contribution in [3.05, 3.63) is 0 Å². The number of rotatable bonds is 4. The summed E-state index contributed by atoms with van der Waals surface area (Å²) in [5.41, 5.74) is 1.37. The van der Waals surface area contributed by atoms with Crippen LogP contribution in [0.4, 0.5) is 4.79 Å². The van der Waals surface area contributed by atoms with Gasteiger partial charge < -0.3 is 9.84 Å². The second-order valence-electron chi connectivity index (χ2n) is 3.60. The fourth-order valence-corrected chi connectivity index (χ4v) is 0.547. The van der Waals surface area contributed by atoms with Gasteiger partial charge in [0.05, 0.1) is 13.0 Å². The van der Waals surface area contributed by atoms with Crippen molar-refractivity contribution in [3.63, 3.8) is 0 Å². The van der Waals surface area contributed by atoms with E-state index in [-0.39, 0.29) is 13.0 Å². The molecular formula is C8H15NO5. The van der Waals surface area contributed by atoms with Gasteiger partial charge in [-0.3, -0.25) is 9.63 Å². The Labute approximate surface area is 82.1 Å². The number of hydrogen-bond donors (Lipinski definition) is 2. The lowest BCUT2D eigenvalue weighted by Gasteiger charge is -2.19. The molecule has 0 rings (SSSR count). The van der Waals surface area contributed by atoms with Crippen molar-refractivity contribution in [2.24, 2.45) is 0 Å². The van der Waals surface area contributed by atoms with Crippen LogP contribution in [-0.4, -0.2) is 29.4 Å². The Kier molecular flexibility index (Phi) is 4.93. The number of carboxylic acid groups (broad SMARTS) is 1. The molecule has 0 fully saturated rings. The molecule has 0 saturated carbocycles. The van der Waals surface area contributed by atoms with Crippen molar-refractivity contribution in [2.45, 2.75) is 32.8 Å². The third kappa shape index (κ3) is 8.79. The third-order valence-corrected chi connectivity index (χ3v) is 0.972. The van der Waals surface area contributed by atoms with E-state index in [1.54, 1.807) is 20.8 Å². The summed E-state index contributed by atoms with van der Waals surface area (Å²) in [7, 11) is 0. The van der Waals surface area contributed by atoms with Crippen molar-refractivity contribution < 1.29 is 24.3 Å². The van der Waals surface area contributed by atoms with Crippen LogP contribution in [0.1, 0.15) is 27.2 Å². The second kappa shape index (κ2) is 5.43. The molecule has 0 atom stereocenters. The van der Waals surface area contributed by atoms with Crippen LogP contribution in [0.2, 0.25) is 0 Å². The Bertz CT molecular complexity index is 208. The standard InChI is InChI=1S/C8H15NO5/c1-8(2,3)14-7(12)9-13-5-4-6(10)11/h4-5H2,1-3H3,(H,9,12)(H,10,11). The Morgan fingerprint density at radius 3 is 2.36 bits per heavy atom. The van der Waals surface area contributed by atoms with E-state index < -0.39 is 17.7 Å². The zero-order valence-electron chi connectivity index (χ0n) is 8.49. The Morgan fingerprint density at radius 1 is 1.36 bits per heavy atom. The quantitative estimate of drug-likeness (QED) is 0.526. The molecule has 0 aliphatic carbocycles. The molecule has 0 aliphatic heterocycles. The predicted molar refractivity (Wildman–Crippen MR) is 47.6 cm³/mol. The summed E-state index contributed by atoms with van der Waals surface area (Å²) in [6.07, 6.45) is -0.904. The van der Waals surface area contributed by atoms with Crippen LogP contribution in [0, 0.1) is 0 Å². The van der Waals surface area contributed by atoms with E-state index in [9.17, 15) is 9.59 Å². The van der Waals surface area contributed by atoms with Crippen LogP contribution in [-0.2, 0) is 14.4 Å². The van der Waals surface area contributed by atoms with E-state index in [4.69, 9.17) is 9.84 Å². The number of ether oxygens (including phenoxy) is 1. The van der Waals surface area contributed by atoms with Crippen LogP contribution >= 0.6 is 0 Å². The first-order valence-corrected chi connectivity index (χ1v) is 4.14. The normalized spacial score (nSPS) is 10.8. The van der Waals surface area contributed by atoms with Crippen LogP contribution < -0.4 is 5.48 Å². The van der Waals surface area contributed by atoms with Gasteiger partial charge in [0.1, 0.15) is 5.60 Å². The summed E-state index contributed by atoms with van der Waals surface area (Å²) >= 11 is 0. The molecule has 82 valence electrons. The molecule has 0 radical (unpaired) electrons. The molecule has 0 aromatic carbocycles. The zero-order valence-corrected chi connectivity index (χ0v) is 8.49.